The lowest BCUT2D eigenvalue weighted by atomic mass is 10.2. The first-order valence-electron chi connectivity index (χ1n) is 9.51. The Morgan fingerprint density at radius 1 is 1.16 bits per heavy atom. The highest BCUT2D eigenvalue weighted by molar-refractivity contribution is 6.31. The molecule has 0 spiro atoms. The highest BCUT2D eigenvalue weighted by atomic mass is 35.5. The van der Waals surface area contributed by atoms with Crippen LogP contribution in [-0.2, 0) is 13.2 Å². The standard InChI is InChI=1S/C22H17ClF2N4O3/c1-13-16(12-31-20-8-3-2-6-19(20)25)21(28-32-13)22(30)27-14-9-26-29(10-14)11-15-17(23)5-4-7-18(15)24/h2-10H,11-12H2,1H3,(H,27,30). The highest BCUT2D eigenvalue weighted by Gasteiger charge is 2.21. The summed E-state index contributed by atoms with van der Waals surface area (Å²) in [6.45, 7) is 1.61. The largest absolute Gasteiger partial charge is 0.486 e. The van der Waals surface area contributed by atoms with Crippen molar-refractivity contribution in [1.82, 2.24) is 14.9 Å². The van der Waals surface area contributed by atoms with Gasteiger partial charge in [-0.2, -0.15) is 5.10 Å². The number of aryl methyl sites for hydroxylation is 1. The van der Waals surface area contributed by atoms with E-state index < -0.39 is 17.5 Å². The Bertz CT molecular complexity index is 1250. The van der Waals surface area contributed by atoms with E-state index in [1.807, 2.05) is 0 Å². The molecule has 4 aromatic rings. The lowest BCUT2D eigenvalue weighted by Gasteiger charge is -2.07. The van der Waals surface area contributed by atoms with Crippen LogP contribution >= 0.6 is 11.6 Å². The number of halogens is 3. The predicted molar refractivity (Wildman–Crippen MR) is 113 cm³/mol. The third-order valence-electron chi connectivity index (χ3n) is 4.68. The molecule has 1 amide bonds. The van der Waals surface area contributed by atoms with Gasteiger partial charge in [-0.25, -0.2) is 8.78 Å². The molecule has 0 unspecified atom stereocenters. The summed E-state index contributed by atoms with van der Waals surface area (Å²) in [7, 11) is 0. The molecule has 0 aliphatic rings. The molecule has 2 aromatic heterocycles. The molecule has 0 bridgehead atoms. The fourth-order valence-electron chi connectivity index (χ4n) is 3.00. The van der Waals surface area contributed by atoms with Crippen molar-refractivity contribution in [3.8, 4) is 5.75 Å². The van der Waals surface area contributed by atoms with Crippen molar-refractivity contribution in [2.45, 2.75) is 20.1 Å². The molecular formula is C22H17ClF2N4O3. The Hall–Kier alpha value is -3.72. The monoisotopic (exact) mass is 458 g/mol. The number of aromatic nitrogens is 3. The summed E-state index contributed by atoms with van der Waals surface area (Å²) < 4.78 is 39.8. The van der Waals surface area contributed by atoms with Crippen LogP contribution in [0.2, 0.25) is 5.02 Å². The van der Waals surface area contributed by atoms with Gasteiger partial charge in [-0.1, -0.05) is 35.0 Å². The number of carbonyl (C=O) groups excluding carboxylic acids is 1. The third-order valence-corrected chi connectivity index (χ3v) is 5.04. The number of carbonyl (C=O) groups is 1. The zero-order valence-corrected chi connectivity index (χ0v) is 17.6. The van der Waals surface area contributed by atoms with Gasteiger partial charge in [-0.3, -0.25) is 9.48 Å². The second-order valence-corrected chi connectivity index (χ2v) is 7.27. The molecule has 0 saturated heterocycles. The van der Waals surface area contributed by atoms with E-state index in [2.05, 4.69) is 15.6 Å². The number of hydrogen-bond acceptors (Lipinski definition) is 5. The summed E-state index contributed by atoms with van der Waals surface area (Å²) in [6.07, 6.45) is 2.94. The minimum Gasteiger partial charge on any atom is -0.486 e. The van der Waals surface area contributed by atoms with Crippen molar-refractivity contribution in [1.29, 1.82) is 0 Å². The van der Waals surface area contributed by atoms with Crippen LogP contribution < -0.4 is 10.1 Å². The van der Waals surface area contributed by atoms with Gasteiger partial charge in [0.2, 0.25) is 0 Å². The lowest BCUT2D eigenvalue weighted by molar-refractivity contribution is 0.101. The smallest absolute Gasteiger partial charge is 0.278 e. The Balaban J connectivity index is 1.45. The predicted octanol–water partition coefficient (Wildman–Crippen LogP) is 4.99. The Morgan fingerprint density at radius 2 is 1.94 bits per heavy atom. The SMILES string of the molecule is Cc1onc(C(=O)Nc2cnn(Cc3c(F)cccc3Cl)c2)c1COc1ccccc1F. The van der Waals surface area contributed by atoms with Crippen LogP contribution in [0.1, 0.15) is 27.4 Å². The number of para-hydroxylation sites is 1. The van der Waals surface area contributed by atoms with Crippen LogP contribution in [0, 0.1) is 18.6 Å². The van der Waals surface area contributed by atoms with Gasteiger partial charge in [0.05, 0.1) is 24.0 Å². The molecule has 0 aliphatic heterocycles. The van der Waals surface area contributed by atoms with Crippen LogP contribution in [0.5, 0.6) is 5.75 Å². The molecule has 32 heavy (non-hydrogen) atoms. The van der Waals surface area contributed by atoms with Gasteiger partial charge in [0.15, 0.2) is 17.3 Å². The molecular weight excluding hydrogens is 442 g/mol. The minimum absolute atomic E-state index is 0.00346. The van der Waals surface area contributed by atoms with E-state index in [9.17, 15) is 13.6 Å². The van der Waals surface area contributed by atoms with Crippen molar-refractivity contribution in [2.24, 2.45) is 0 Å². The number of benzene rings is 2. The maximum Gasteiger partial charge on any atom is 0.278 e. The number of hydrogen-bond donors (Lipinski definition) is 1. The van der Waals surface area contributed by atoms with Crippen LogP contribution in [0.15, 0.2) is 59.4 Å². The molecule has 2 heterocycles. The van der Waals surface area contributed by atoms with Crippen LogP contribution in [0.25, 0.3) is 0 Å². The van der Waals surface area contributed by atoms with Crippen LogP contribution in [0.4, 0.5) is 14.5 Å². The first-order valence-corrected chi connectivity index (χ1v) is 9.89. The van der Waals surface area contributed by atoms with E-state index in [1.54, 1.807) is 25.1 Å². The Labute approximate surface area is 186 Å². The zero-order valence-electron chi connectivity index (χ0n) is 16.8. The van der Waals surface area contributed by atoms with E-state index in [0.717, 1.165) is 0 Å². The summed E-state index contributed by atoms with van der Waals surface area (Å²) in [4.78, 5) is 12.7. The van der Waals surface area contributed by atoms with Gasteiger partial charge in [0, 0.05) is 16.8 Å². The summed E-state index contributed by atoms with van der Waals surface area (Å²) in [5.41, 5.74) is 1.04. The fraction of sp³-hybridized carbons (Fsp3) is 0.136. The maximum absolute atomic E-state index is 14.0. The average Bonchev–Trinajstić information content (AvgIpc) is 3.36. The second-order valence-electron chi connectivity index (χ2n) is 6.87. The number of rotatable bonds is 7. The molecule has 10 heteroatoms. The normalized spacial score (nSPS) is 10.9. The molecule has 2 aromatic carbocycles. The second kappa shape index (κ2) is 9.19. The van der Waals surface area contributed by atoms with Gasteiger partial charge in [-0.15, -0.1) is 0 Å². The van der Waals surface area contributed by atoms with Crippen molar-refractivity contribution in [3.63, 3.8) is 0 Å². The lowest BCUT2D eigenvalue weighted by Crippen LogP contribution is -2.15. The maximum atomic E-state index is 14.0. The Morgan fingerprint density at radius 3 is 2.72 bits per heavy atom. The van der Waals surface area contributed by atoms with Gasteiger partial charge in [-0.05, 0) is 31.2 Å². The molecule has 0 atom stereocenters. The molecule has 7 nitrogen and oxygen atoms in total. The molecule has 164 valence electrons. The van der Waals surface area contributed by atoms with E-state index >= 15 is 0 Å². The molecule has 0 radical (unpaired) electrons. The number of anilines is 1. The zero-order chi connectivity index (χ0) is 22.7. The van der Waals surface area contributed by atoms with Crippen LogP contribution in [0.3, 0.4) is 0 Å². The molecule has 1 N–H and O–H groups in total. The quantitative estimate of drug-likeness (QED) is 0.422. The highest BCUT2D eigenvalue weighted by Crippen LogP contribution is 2.22. The van der Waals surface area contributed by atoms with E-state index in [0.29, 0.717) is 17.0 Å². The molecule has 0 aliphatic carbocycles. The van der Waals surface area contributed by atoms with E-state index in [-0.39, 0.29) is 35.2 Å². The van der Waals surface area contributed by atoms with Crippen molar-refractivity contribution in [3.05, 3.63) is 94.1 Å². The number of nitrogens with one attached hydrogen (secondary N) is 1. The number of amides is 1. The number of ether oxygens (including phenoxy) is 1. The van der Waals surface area contributed by atoms with Gasteiger partial charge >= 0.3 is 0 Å². The van der Waals surface area contributed by atoms with Gasteiger partial charge < -0.3 is 14.6 Å². The minimum atomic E-state index is -0.558. The summed E-state index contributed by atoms with van der Waals surface area (Å²) in [5, 5.41) is 10.8. The first-order chi connectivity index (χ1) is 15.4. The number of nitrogens with zero attached hydrogens (tertiary/aromatic N) is 3. The van der Waals surface area contributed by atoms with E-state index in [1.165, 1.54) is 41.3 Å². The van der Waals surface area contributed by atoms with E-state index in [4.69, 9.17) is 20.9 Å². The molecule has 0 fully saturated rings. The summed E-state index contributed by atoms with van der Waals surface area (Å²) >= 11 is 6.05. The fourth-order valence-corrected chi connectivity index (χ4v) is 3.22. The van der Waals surface area contributed by atoms with Crippen molar-refractivity contribution < 1.29 is 22.8 Å². The topological polar surface area (TPSA) is 82.2 Å². The summed E-state index contributed by atoms with van der Waals surface area (Å²) in [5.74, 6) is -1.10. The van der Waals surface area contributed by atoms with Gasteiger partial charge in [0.25, 0.3) is 5.91 Å². The average molecular weight is 459 g/mol. The molecule has 4 rings (SSSR count). The summed E-state index contributed by atoms with van der Waals surface area (Å²) in [6, 6.07) is 10.4. The van der Waals surface area contributed by atoms with Crippen molar-refractivity contribution >= 4 is 23.2 Å². The van der Waals surface area contributed by atoms with Gasteiger partial charge in [0.1, 0.15) is 18.2 Å². The molecule has 0 saturated carbocycles. The first kappa shape index (κ1) is 21.5. The van der Waals surface area contributed by atoms with Crippen molar-refractivity contribution in [2.75, 3.05) is 5.32 Å². The van der Waals surface area contributed by atoms with Crippen LogP contribution in [-0.4, -0.2) is 20.8 Å². The Kier molecular flexibility index (Phi) is 6.18. The third kappa shape index (κ3) is 4.62.